The zero-order chi connectivity index (χ0) is 24.8. The first-order valence-corrected chi connectivity index (χ1v) is 12.1. The summed E-state index contributed by atoms with van der Waals surface area (Å²) in [6, 6.07) is 15.4. The van der Waals surface area contributed by atoms with Gasteiger partial charge in [-0.3, -0.25) is 0 Å². The molecule has 3 nitrogen and oxygen atoms in total. The van der Waals surface area contributed by atoms with Crippen LogP contribution in [0.1, 0.15) is 55.2 Å². The van der Waals surface area contributed by atoms with Crippen LogP contribution in [0.2, 0.25) is 0 Å². The van der Waals surface area contributed by atoms with Gasteiger partial charge in [0, 0.05) is 24.8 Å². The first-order chi connectivity index (χ1) is 17.0. The molecule has 0 N–H and O–H groups in total. The van der Waals surface area contributed by atoms with E-state index in [4.69, 9.17) is 14.2 Å². The van der Waals surface area contributed by atoms with Crippen molar-refractivity contribution in [3.63, 3.8) is 0 Å². The Morgan fingerprint density at radius 3 is 2.11 bits per heavy atom. The van der Waals surface area contributed by atoms with Gasteiger partial charge in [0.15, 0.2) is 11.6 Å². The molecular weight excluding hydrogens is 453 g/mol. The predicted molar refractivity (Wildman–Crippen MR) is 130 cm³/mol. The maximum Gasteiger partial charge on any atom is 0.165 e. The number of methoxy groups -OCH3 is 1. The SMILES string of the molecule is CCOCc1ccc(-c2ccc(OCc3ccc(C4CCC(OC)CC4)c(F)c3F)cc2)cc1F. The average Bonchev–Trinajstić information content (AvgIpc) is 2.89. The van der Waals surface area contributed by atoms with Gasteiger partial charge in [-0.2, -0.15) is 0 Å². The van der Waals surface area contributed by atoms with Gasteiger partial charge in [-0.05, 0) is 73.4 Å². The van der Waals surface area contributed by atoms with Crippen molar-refractivity contribution < 1.29 is 27.4 Å². The van der Waals surface area contributed by atoms with Crippen LogP contribution in [0.5, 0.6) is 5.75 Å². The second kappa shape index (κ2) is 11.7. The van der Waals surface area contributed by atoms with E-state index >= 15 is 0 Å². The number of rotatable bonds is 9. The summed E-state index contributed by atoms with van der Waals surface area (Å²) in [5, 5.41) is 0. The van der Waals surface area contributed by atoms with Crippen molar-refractivity contribution in [1.82, 2.24) is 0 Å². The van der Waals surface area contributed by atoms with E-state index in [1.54, 1.807) is 37.4 Å². The summed E-state index contributed by atoms with van der Waals surface area (Å²) in [6.45, 7) is 2.55. The van der Waals surface area contributed by atoms with Crippen LogP contribution >= 0.6 is 0 Å². The van der Waals surface area contributed by atoms with Crippen LogP contribution in [0.25, 0.3) is 11.1 Å². The molecule has 4 rings (SSSR count). The van der Waals surface area contributed by atoms with E-state index in [0.29, 0.717) is 23.5 Å². The summed E-state index contributed by atoms with van der Waals surface area (Å²) in [6.07, 6.45) is 3.49. The number of hydrogen-bond donors (Lipinski definition) is 0. The zero-order valence-corrected chi connectivity index (χ0v) is 20.2. The Balaban J connectivity index is 1.38. The molecule has 6 heteroatoms. The summed E-state index contributed by atoms with van der Waals surface area (Å²) in [5.41, 5.74) is 2.68. The molecule has 1 fully saturated rings. The van der Waals surface area contributed by atoms with Crippen molar-refractivity contribution in [2.75, 3.05) is 13.7 Å². The Morgan fingerprint density at radius 1 is 0.771 bits per heavy atom. The summed E-state index contributed by atoms with van der Waals surface area (Å²) < 4.78 is 60.3. The van der Waals surface area contributed by atoms with E-state index < -0.39 is 11.6 Å². The normalized spacial score (nSPS) is 18.0. The van der Waals surface area contributed by atoms with Crippen molar-refractivity contribution in [2.45, 2.75) is 57.8 Å². The van der Waals surface area contributed by atoms with Crippen LogP contribution in [0.4, 0.5) is 13.2 Å². The van der Waals surface area contributed by atoms with Crippen LogP contribution in [-0.4, -0.2) is 19.8 Å². The fourth-order valence-electron chi connectivity index (χ4n) is 4.60. The maximum absolute atomic E-state index is 14.8. The third-order valence-electron chi connectivity index (χ3n) is 6.74. The van der Waals surface area contributed by atoms with Crippen molar-refractivity contribution in [1.29, 1.82) is 0 Å². The van der Waals surface area contributed by atoms with Gasteiger partial charge in [0.1, 0.15) is 18.2 Å². The van der Waals surface area contributed by atoms with Gasteiger partial charge in [-0.25, -0.2) is 13.2 Å². The van der Waals surface area contributed by atoms with E-state index in [1.807, 2.05) is 25.1 Å². The minimum atomic E-state index is -0.851. The van der Waals surface area contributed by atoms with Gasteiger partial charge >= 0.3 is 0 Å². The first-order valence-electron chi connectivity index (χ1n) is 12.1. The lowest BCUT2D eigenvalue weighted by Crippen LogP contribution is -2.20. The lowest BCUT2D eigenvalue weighted by Gasteiger charge is -2.28. The van der Waals surface area contributed by atoms with E-state index in [9.17, 15) is 13.2 Å². The van der Waals surface area contributed by atoms with Gasteiger partial charge < -0.3 is 14.2 Å². The minimum absolute atomic E-state index is 0.0106. The quantitative estimate of drug-likeness (QED) is 0.314. The molecule has 0 atom stereocenters. The molecule has 0 radical (unpaired) electrons. The molecule has 3 aromatic rings. The highest BCUT2D eigenvalue weighted by atomic mass is 19.2. The third-order valence-corrected chi connectivity index (χ3v) is 6.74. The third kappa shape index (κ3) is 6.06. The fourth-order valence-corrected chi connectivity index (χ4v) is 4.60. The van der Waals surface area contributed by atoms with Gasteiger partial charge in [0.2, 0.25) is 0 Å². The lowest BCUT2D eigenvalue weighted by atomic mass is 9.82. The van der Waals surface area contributed by atoms with E-state index in [2.05, 4.69) is 0 Å². The van der Waals surface area contributed by atoms with E-state index in [1.165, 1.54) is 6.07 Å². The molecule has 0 spiro atoms. The van der Waals surface area contributed by atoms with Crippen LogP contribution in [-0.2, 0) is 22.7 Å². The molecule has 3 aromatic carbocycles. The molecular formula is C29H31F3O3. The molecule has 0 heterocycles. The Bertz CT molecular complexity index is 1120. The number of ether oxygens (including phenoxy) is 3. The van der Waals surface area contributed by atoms with Crippen molar-refractivity contribution in [3.8, 4) is 16.9 Å². The van der Waals surface area contributed by atoms with Crippen molar-refractivity contribution in [2.24, 2.45) is 0 Å². The Labute approximate surface area is 204 Å². The van der Waals surface area contributed by atoms with Crippen LogP contribution in [0.15, 0.2) is 54.6 Å². The molecule has 0 unspecified atom stereocenters. The van der Waals surface area contributed by atoms with Crippen LogP contribution in [0, 0.1) is 17.5 Å². The molecule has 0 aliphatic heterocycles. The average molecular weight is 485 g/mol. The lowest BCUT2D eigenvalue weighted by molar-refractivity contribution is 0.0655. The van der Waals surface area contributed by atoms with E-state index in [-0.39, 0.29) is 36.6 Å². The molecule has 1 saturated carbocycles. The largest absolute Gasteiger partial charge is 0.489 e. The highest BCUT2D eigenvalue weighted by Crippen LogP contribution is 2.36. The second-order valence-electron chi connectivity index (χ2n) is 8.91. The molecule has 186 valence electrons. The number of halogens is 3. The monoisotopic (exact) mass is 484 g/mol. The molecule has 0 bridgehead atoms. The predicted octanol–water partition coefficient (Wildman–Crippen LogP) is 7.56. The van der Waals surface area contributed by atoms with Crippen molar-refractivity contribution >= 4 is 0 Å². The number of benzene rings is 3. The minimum Gasteiger partial charge on any atom is -0.489 e. The standard InChI is InChI=1S/C29H31F3O3/c1-3-34-17-22-5-4-21(16-27(22)30)19-6-13-25(14-7-19)35-18-23-10-15-26(29(32)28(23)31)20-8-11-24(33-2)12-9-20/h4-7,10,13-16,20,24H,3,8-9,11-12,17-18H2,1-2H3. The van der Waals surface area contributed by atoms with Gasteiger partial charge in [0.25, 0.3) is 0 Å². The molecule has 1 aliphatic rings. The fraction of sp³-hybridized carbons (Fsp3) is 0.379. The molecule has 1 aliphatic carbocycles. The topological polar surface area (TPSA) is 27.7 Å². The first kappa shape index (κ1) is 25.3. The Kier molecular flexibility index (Phi) is 8.47. The smallest absolute Gasteiger partial charge is 0.165 e. The van der Waals surface area contributed by atoms with Crippen LogP contribution in [0.3, 0.4) is 0 Å². The summed E-state index contributed by atoms with van der Waals surface area (Å²) in [7, 11) is 1.69. The molecule has 35 heavy (non-hydrogen) atoms. The van der Waals surface area contributed by atoms with Crippen LogP contribution < -0.4 is 4.74 Å². The summed E-state index contributed by atoms with van der Waals surface area (Å²) in [5.74, 6) is -1.42. The van der Waals surface area contributed by atoms with E-state index in [0.717, 1.165) is 36.8 Å². The zero-order valence-electron chi connectivity index (χ0n) is 20.2. The van der Waals surface area contributed by atoms with Gasteiger partial charge in [0.05, 0.1) is 12.7 Å². The van der Waals surface area contributed by atoms with Gasteiger partial charge in [-0.1, -0.05) is 36.4 Å². The Morgan fingerprint density at radius 2 is 1.46 bits per heavy atom. The molecule has 0 saturated heterocycles. The summed E-state index contributed by atoms with van der Waals surface area (Å²) in [4.78, 5) is 0. The summed E-state index contributed by atoms with van der Waals surface area (Å²) >= 11 is 0. The highest BCUT2D eigenvalue weighted by molar-refractivity contribution is 5.64. The van der Waals surface area contributed by atoms with Crippen molar-refractivity contribution in [3.05, 3.63) is 88.7 Å². The van der Waals surface area contributed by atoms with Gasteiger partial charge in [-0.15, -0.1) is 0 Å². The highest BCUT2D eigenvalue weighted by Gasteiger charge is 2.26. The second-order valence-corrected chi connectivity index (χ2v) is 8.91. The number of hydrogen-bond acceptors (Lipinski definition) is 3. The molecule has 0 amide bonds. The maximum atomic E-state index is 14.8. The molecule has 0 aromatic heterocycles. The Hall–Kier alpha value is -2.83.